The number of carbonyl (C=O) groups excluding carboxylic acids is 1. The van der Waals surface area contributed by atoms with Gasteiger partial charge in [0, 0.05) is 17.1 Å². The van der Waals surface area contributed by atoms with Gasteiger partial charge >= 0.3 is 0 Å². The third kappa shape index (κ3) is 4.31. The summed E-state index contributed by atoms with van der Waals surface area (Å²) in [5.41, 5.74) is 0. The third-order valence-electron chi connectivity index (χ3n) is 2.82. The van der Waals surface area contributed by atoms with Crippen LogP contribution in [0.2, 0.25) is 0 Å². The summed E-state index contributed by atoms with van der Waals surface area (Å²) in [5, 5.41) is 6.20. The van der Waals surface area contributed by atoms with Crippen molar-refractivity contribution in [3.8, 4) is 5.75 Å². The Bertz CT molecular complexity index is 406. The van der Waals surface area contributed by atoms with Crippen molar-refractivity contribution >= 4 is 21.8 Å². The minimum absolute atomic E-state index is 0.0543. The Balaban J connectivity index is 1.66. The fourth-order valence-electron chi connectivity index (χ4n) is 1.90. The highest BCUT2D eigenvalue weighted by atomic mass is 79.9. The molecule has 2 N–H and O–H groups in total. The summed E-state index contributed by atoms with van der Waals surface area (Å²) in [4.78, 5) is 11.6. The van der Waals surface area contributed by atoms with Crippen LogP contribution in [0.3, 0.4) is 0 Å². The molecule has 1 saturated heterocycles. The summed E-state index contributed by atoms with van der Waals surface area (Å²) in [7, 11) is 0. The highest BCUT2D eigenvalue weighted by Crippen LogP contribution is 2.17. The van der Waals surface area contributed by atoms with Gasteiger partial charge in [0.15, 0.2) is 0 Å². The zero-order valence-corrected chi connectivity index (χ0v) is 11.7. The summed E-state index contributed by atoms with van der Waals surface area (Å²) in [6.07, 6.45) is 1.40. The van der Waals surface area contributed by atoms with E-state index in [1.807, 2.05) is 24.3 Å². The molecule has 1 aromatic carbocycles. The summed E-state index contributed by atoms with van der Waals surface area (Å²) < 4.78 is 6.49. The van der Waals surface area contributed by atoms with Gasteiger partial charge in [-0.25, -0.2) is 0 Å². The molecule has 2 rings (SSSR count). The molecule has 0 bridgehead atoms. The molecule has 1 aromatic rings. The van der Waals surface area contributed by atoms with Crippen LogP contribution < -0.4 is 15.4 Å². The van der Waals surface area contributed by atoms with E-state index in [2.05, 4.69) is 26.6 Å². The van der Waals surface area contributed by atoms with Crippen LogP contribution in [0.5, 0.6) is 5.75 Å². The van der Waals surface area contributed by atoms with Crippen LogP contribution in [0.1, 0.15) is 12.8 Å². The van der Waals surface area contributed by atoms with Gasteiger partial charge < -0.3 is 15.4 Å². The molecule has 0 saturated carbocycles. The molecule has 0 radical (unpaired) electrons. The number of halogens is 1. The maximum absolute atomic E-state index is 11.6. The highest BCUT2D eigenvalue weighted by Gasteiger charge is 2.16. The minimum atomic E-state index is 0.0543. The third-order valence-corrected chi connectivity index (χ3v) is 3.31. The van der Waals surface area contributed by atoms with E-state index in [0.29, 0.717) is 13.0 Å². The standard InChI is InChI=1S/C13H17BrN2O2/c14-10-2-1-3-12(8-10)18-7-5-13(17)16-11-4-6-15-9-11/h1-3,8,11,15H,4-7,9H2,(H,16,17). The van der Waals surface area contributed by atoms with Gasteiger partial charge in [-0.2, -0.15) is 0 Å². The van der Waals surface area contributed by atoms with Crippen molar-refractivity contribution in [2.75, 3.05) is 19.7 Å². The van der Waals surface area contributed by atoms with E-state index >= 15 is 0 Å². The first-order chi connectivity index (χ1) is 8.74. The van der Waals surface area contributed by atoms with Gasteiger partial charge in [0.2, 0.25) is 5.91 Å². The van der Waals surface area contributed by atoms with Gasteiger partial charge in [-0.05, 0) is 31.2 Å². The van der Waals surface area contributed by atoms with E-state index in [9.17, 15) is 4.79 Å². The lowest BCUT2D eigenvalue weighted by atomic mass is 10.2. The fourth-order valence-corrected chi connectivity index (χ4v) is 2.27. The number of hydrogen-bond acceptors (Lipinski definition) is 3. The maximum Gasteiger partial charge on any atom is 0.223 e. The SMILES string of the molecule is O=C(CCOc1cccc(Br)c1)NC1CCNC1. The van der Waals surface area contributed by atoms with Crippen molar-refractivity contribution in [2.24, 2.45) is 0 Å². The van der Waals surface area contributed by atoms with Crippen LogP contribution in [-0.2, 0) is 4.79 Å². The molecule has 0 aromatic heterocycles. The monoisotopic (exact) mass is 312 g/mol. The molecular formula is C13H17BrN2O2. The number of hydrogen-bond donors (Lipinski definition) is 2. The van der Waals surface area contributed by atoms with Crippen LogP contribution in [0.25, 0.3) is 0 Å². The van der Waals surface area contributed by atoms with Gasteiger partial charge in [-0.3, -0.25) is 4.79 Å². The number of nitrogens with one attached hydrogen (secondary N) is 2. The number of carbonyl (C=O) groups is 1. The molecule has 1 unspecified atom stereocenters. The Morgan fingerprint density at radius 1 is 1.56 bits per heavy atom. The second kappa shape index (κ2) is 6.75. The number of benzene rings is 1. The Hall–Kier alpha value is -1.07. The van der Waals surface area contributed by atoms with Crippen LogP contribution in [0, 0.1) is 0 Å². The fraction of sp³-hybridized carbons (Fsp3) is 0.462. The molecule has 1 amide bonds. The Kier molecular flexibility index (Phi) is 5.01. The van der Waals surface area contributed by atoms with Crippen molar-refractivity contribution in [3.05, 3.63) is 28.7 Å². The zero-order valence-electron chi connectivity index (χ0n) is 10.1. The van der Waals surface area contributed by atoms with Gasteiger partial charge in [0.05, 0.1) is 13.0 Å². The van der Waals surface area contributed by atoms with E-state index in [1.54, 1.807) is 0 Å². The average Bonchev–Trinajstić information content (AvgIpc) is 2.82. The summed E-state index contributed by atoms with van der Waals surface area (Å²) in [5.74, 6) is 0.832. The normalized spacial score (nSPS) is 18.6. The second-order valence-corrected chi connectivity index (χ2v) is 5.23. The average molecular weight is 313 g/mol. The first-order valence-corrected chi connectivity index (χ1v) is 6.92. The van der Waals surface area contributed by atoms with Crippen LogP contribution >= 0.6 is 15.9 Å². The number of amides is 1. The molecule has 1 heterocycles. The predicted octanol–water partition coefficient (Wildman–Crippen LogP) is 1.70. The van der Waals surface area contributed by atoms with Gasteiger partial charge in [0.1, 0.15) is 5.75 Å². The zero-order chi connectivity index (χ0) is 12.8. The van der Waals surface area contributed by atoms with E-state index in [4.69, 9.17) is 4.74 Å². The quantitative estimate of drug-likeness (QED) is 0.870. The van der Waals surface area contributed by atoms with E-state index < -0.39 is 0 Å². The largest absolute Gasteiger partial charge is 0.493 e. The maximum atomic E-state index is 11.6. The highest BCUT2D eigenvalue weighted by molar-refractivity contribution is 9.10. The van der Waals surface area contributed by atoms with Crippen LogP contribution in [0.15, 0.2) is 28.7 Å². The van der Waals surface area contributed by atoms with Crippen LogP contribution in [0.4, 0.5) is 0 Å². The van der Waals surface area contributed by atoms with E-state index in [0.717, 1.165) is 29.7 Å². The van der Waals surface area contributed by atoms with Crippen molar-refractivity contribution in [1.82, 2.24) is 10.6 Å². The molecule has 0 spiro atoms. The Labute approximate surface area is 115 Å². The van der Waals surface area contributed by atoms with Crippen molar-refractivity contribution in [1.29, 1.82) is 0 Å². The summed E-state index contributed by atoms with van der Waals surface area (Å²) in [6.45, 7) is 2.26. The lowest BCUT2D eigenvalue weighted by Crippen LogP contribution is -2.36. The molecule has 4 nitrogen and oxygen atoms in total. The van der Waals surface area contributed by atoms with Gasteiger partial charge in [0.25, 0.3) is 0 Å². The molecule has 1 aliphatic rings. The van der Waals surface area contributed by atoms with Crippen molar-refractivity contribution < 1.29 is 9.53 Å². The Morgan fingerprint density at radius 2 is 2.44 bits per heavy atom. The molecule has 1 fully saturated rings. The minimum Gasteiger partial charge on any atom is -0.493 e. The molecule has 18 heavy (non-hydrogen) atoms. The van der Waals surface area contributed by atoms with E-state index in [-0.39, 0.29) is 11.9 Å². The Morgan fingerprint density at radius 3 is 3.17 bits per heavy atom. The topological polar surface area (TPSA) is 50.4 Å². The smallest absolute Gasteiger partial charge is 0.223 e. The molecule has 98 valence electrons. The predicted molar refractivity (Wildman–Crippen MR) is 73.7 cm³/mol. The van der Waals surface area contributed by atoms with Crippen molar-refractivity contribution in [2.45, 2.75) is 18.9 Å². The summed E-state index contributed by atoms with van der Waals surface area (Å²) in [6, 6.07) is 7.89. The second-order valence-electron chi connectivity index (χ2n) is 4.31. The lowest BCUT2D eigenvalue weighted by Gasteiger charge is -2.11. The lowest BCUT2D eigenvalue weighted by molar-refractivity contribution is -0.122. The molecule has 0 aliphatic carbocycles. The van der Waals surface area contributed by atoms with Gasteiger partial charge in [-0.1, -0.05) is 22.0 Å². The molecule has 1 atom stereocenters. The first-order valence-electron chi connectivity index (χ1n) is 6.12. The van der Waals surface area contributed by atoms with E-state index in [1.165, 1.54) is 0 Å². The molecular weight excluding hydrogens is 296 g/mol. The van der Waals surface area contributed by atoms with Gasteiger partial charge in [-0.15, -0.1) is 0 Å². The van der Waals surface area contributed by atoms with Crippen LogP contribution in [-0.4, -0.2) is 31.6 Å². The number of ether oxygens (including phenoxy) is 1. The molecule has 1 aliphatic heterocycles. The first kappa shape index (κ1) is 13.4. The number of rotatable bonds is 5. The molecule has 5 heteroatoms. The summed E-state index contributed by atoms with van der Waals surface area (Å²) >= 11 is 3.38. The van der Waals surface area contributed by atoms with Crippen molar-refractivity contribution in [3.63, 3.8) is 0 Å².